The standard InChI is InChI=1S/C31H36N4O2S/c1-22-19-24(3)27(20-23(22)2)21-34-15-17-35(18-16-34)31(36)26-10-12-28(13-11-26)33-38(4,37)29-9-5-7-25-8-6-14-32-30(25)29/h5-14,19-20,38H,15-18,21H2,1-4H3,(H,33,37). The zero-order valence-corrected chi connectivity index (χ0v) is 23.5. The molecule has 0 spiro atoms. The molecule has 1 aliphatic rings. The van der Waals surface area contributed by atoms with Gasteiger partial charge in [-0.05, 0) is 89.5 Å². The van der Waals surface area contributed by atoms with Crippen LogP contribution in [-0.4, -0.2) is 57.3 Å². The number of rotatable bonds is 6. The van der Waals surface area contributed by atoms with E-state index in [1.165, 1.54) is 22.3 Å². The van der Waals surface area contributed by atoms with E-state index in [1.54, 1.807) is 12.5 Å². The monoisotopic (exact) mass is 528 g/mol. The minimum atomic E-state index is -2.94. The zero-order chi connectivity index (χ0) is 26.9. The van der Waals surface area contributed by atoms with Gasteiger partial charge in [-0.25, -0.2) is 0 Å². The maximum Gasteiger partial charge on any atom is 0.253 e. The predicted molar refractivity (Wildman–Crippen MR) is 157 cm³/mol. The van der Waals surface area contributed by atoms with Gasteiger partial charge < -0.3 is 9.62 Å². The van der Waals surface area contributed by atoms with Crippen LogP contribution in [0.15, 0.2) is 77.8 Å². The van der Waals surface area contributed by atoms with Crippen molar-refractivity contribution in [1.29, 1.82) is 0 Å². The first-order valence-electron chi connectivity index (χ1n) is 13.1. The number of fused-ring (bicyclic) bond motifs is 1. The second-order valence-electron chi connectivity index (χ2n) is 10.4. The van der Waals surface area contributed by atoms with Gasteiger partial charge >= 0.3 is 0 Å². The Morgan fingerprint density at radius 3 is 2.32 bits per heavy atom. The largest absolute Gasteiger partial charge is 0.336 e. The minimum Gasteiger partial charge on any atom is -0.336 e. The van der Waals surface area contributed by atoms with Crippen molar-refractivity contribution in [2.75, 3.05) is 37.2 Å². The van der Waals surface area contributed by atoms with E-state index >= 15 is 0 Å². The van der Waals surface area contributed by atoms with Crippen LogP contribution in [0.1, 0.15) is 32.6 Å². The molecule has 198 valence electrons. The third-order valence-electron chi connectivity index (χ3n) is 7.55. The maximum atomic E-state index is 13.7. The number of carbonyl (C=O) groups is 1. The topological polar surface area (TPSA) is 65.5 Å². The first-order valence-corrected chi connectivity index (χ1v) is 15.3. The Labute approximate surface area is 226 Å². The summed E-state index contributed by atoms with van der Waals surface area (Å²) in [5, 5.41) is 0.957. The van der Waals surface area contributed by atoms with Gasteiger partial charge in [-0.3, -0.25) is 18.9 Å². The van der Waals surface area contributed by atoms with Gasteiger partial charge in [0, 0.05) is 61.8 Å². The molecule has 2 heterocycles. The fourth-order valence-electron chi connectivity index (χ4n) is 5.15. The third kappa shape index (κ3) is 5.49. The van der Waals surface area contributed by atoms with Crippen LogP contribution >= 0.6 is 0 Å². The molecular weight excluding hydrogens is 492 g/mol. The van der Waals surface area contributed by atoms with Gasteiger partial charge in [-0.2, -0.15) is 0 Å². The number of thiol groups is 1. The Morgan fingerprint density at radius 2 is 1.58 bits per heavy atom. The van der Waals surface area contributed by atoms with Gasteiger partial charge in [0.25, 0.3) is 5.91 Å². The normalized spacial score (nSPS) is 15.0. The molecule has 6 nitrogen and oxygen atoms in total. The number of carbonyl (C=O) groups excluding carboxylic acids is 1. The fourth-order valence-corrected chi connectivity index (χ4v) is 6.87. The Kier molecular flexibility index (Phi) is 7.32. The van der Waals surface area contributed by atoms with Crippen molar-refractivity contribution in [2.45, 2.75) is 32.2 Å². The molecule has 0 radical (unpaired) electrons. The Hall–Kier alpha value is -3.55. The number of anilines is 1. The number of nitrogens with zero attached hydrogens (tertiary/aromatic N) is 3. The molecule has 0 atom stereocenters. The molecule has 5 rings (SSSR count). The summed E-state index contributed by atoms with van der Waals surface area (Å²) in [7, 11) is -2.94. The lowest BCUT2D eigenvalue weighted by Crippen LogP contribution is -2.48. The molecule has 7 heteroatoms. The average molecular weight is 529 g/mol. The van der Waals surface area contributed by atoms with Gasteiger partial charge in [-0.15, -0.1) is 0 Å². The highest BCUT2D eigenvalue weighted by Crippen LogP contribution is 2.27. The first-order chi connectivity index (χ1) is 18.2. The van der Waals surface area contributed by atoms with Crippen LogP contribution in [-0.2, 0) is 16.7 Å². The number of nitrogens with one attached hydrogen (secondary N) is 1. The van der Waals surface area contributed by atoms with Crippen LogP contribution in [0, 0.1) is 20.8 Å². The Bertz CT molecular complexity index is 1520. The van der Waals surface area contributed by atoms with Gasteiger partial charge in [0.15, 0.2) is 0 Å². The van der Waals surface area contributed by atoms with Gasteiger partial charge in [0.2, 0.25) is 0 Å². The number of para-hydroxylation sites is 1. The van der Waals surface area contributed by atoms with E-state index in [2.05, 4.69) is 47.5 Å². The smallest absolute Gasteiger partial charge is 0.253 e. The molecule has 0 unspecified atom stereocenters. The van der Waals surface area contributed by atoms with Gasteiger partial charge in [0.1, 0.15) is 0 Å². The number of hydrogen-bond donors (Lipinski definition) is 2. The number of aryl methyl sites for hydroxylation is 3. The quantitative estimate of drug-likeness (QED) is 0.340. The second kappa shape index (κ2) is 10.7. The average Bonchev–Trinajstić information content (AvgIpc) is 2.91. The molecule has 1 amide bonds. The van der Waals surface area contributed by atoms with Crippen LogP contribution < -0.4 is 4.72 Å². The van der Waals surface area contributed by atoms with E-state index in [4.69, 9.17) is 0 Å². The van der Waals surface area contributed by atoms with Crippen LogP contribution in [0.25, 0.3) is 10.9 Å². The summed E-state index contributed by atoms with van der Waals surface area (Å²) in [6.07, 6.45) is 3.44. The van der Waals surface area contributed by atoms with E-state index in [1.807, 2.05) is 59.5 Å². The summed E-state index contributed by atoms with van der Waals surface area (Å²) in [6, 6.07) is 21.4. The summed E-state index contributed by atoms with van der Waals surface area (Å²) in [5.41, 5.74) is 7.45. The highest BCUT2D eigenvalue weighted by molar-refractivity contribution is 8.03. The molecule has 0 bridgehead atoms. The lowest BCUT2D eigenvalue weighted by atomic mass is 10.0. The molecule has 38 heavy (non-hydrogen) atoms. The number of amides is 1. The van der Waals surface area contributed by atoms with Crippen LogP contribution in [0.5, 0.6) is 0 Å². The van der Waals surface area contributed by atoms with Crippen LogP contribution in [0.3, 0.4) is 0 Å². The summed E-state index contributed by atoms with van der Waals surface area (Å²) < 4.78 is 16.8. The molecule has 1 aliphatic heterocycles. The fraction of sp³-hybridized carbons (Fsp3) is 0.290. The Morgan fingerprint density at radius 1 is 0.895 bits per heavy atom. The lowest BCUT2D eigenvalue weighted by molar-refractivity contribution is 0.0628. The highest BCUT2D eigenvalue weighted by atomic mass is 32.3. The van der Waals surface area contributed by atoms with Crippen molar-refractivity contribution in [3.8, 4) is 0 Å². The number of pyridine rings is 1. The lowest BCUT2D eigenvalue weighted by Gasteiger charge is -2.35. The van der Waals surface area contributed by atoms with Crippen molar-refractivity contribution in [1.82, 2.24) is 14.8 Å². The summed E-state index contributed by atoms with van der Waals surface area (Å²) in [5.74, 6) is 0.0384. The van der Waals surface area contributed by atoms with Crippen LogP contribution in [0.4, 0.5) is 5.69 Å². The van der Waals surface area contributed by atoms with Gasteiger partial charge in [0.05, 0.1) is 10.4 Å². The molecule has 1 saturated heterocycles. The SMILES string of the molecule is Cc1cc(C)c(CN2CCN(C(=O)c3ccc(N[SH](C)(=O)c4cccc5cccnc45)cc3)CC2)cc1C. The molecule has 0 saturated carbocycles. The van der Waals surface area contributed by atoms with E-state index in [0.717, 1.165) is 30.5 Å². The molecule has 4 aromatic rings. The molecular formula is C31H36N4O2S. The molecule has 1 N–H and O–H groups in total. The van der Waals surface area contributed by atoms with Crippen molar-refractivity contribution in [3.63, 3.8) is 0 Å². The van der Waals surface area contributed by atoms with Crippen molar-refractivity contribution >= 4 is 32.6 Å². The van der Waals surface area contributed by atoms with Crippen molar-refractivity contribution in [3.05, 3.63) is 101 Å². The van der Waals surface area contributed by atoms with Gasteiger partial charge in [-0.1, -0.05) is 30.3 Å². The summed E-state index contributed by atoms with van der Waals surface area (Å²) >= 11 is 0. The van der Waals surface area contributed by atoms with E-state index in [-0.39, 0.29) is 5.91 Å². The third-order valence-corrected chi connectivity index (χ3v) is 9.52. The molecule has 1 fully saturated rings. The van der Waals surface area contributed by atoms with Crippen molar-refractivity contribution < 1.29 is 9.00 Å². The maximum absolute atomic E-state index is 13.7. The molecule has 3 aromatic carbocycles. The summed E-state index contributed by atoms with van der Waals surface area (Å²) in [6.45, 7) is 10.5. The van der Waals surface area contributed by atoms with Crippen LogP contribution in [0.2, 0.25) is 0 Å². The van der Waals surface area contributed by atoms with E-state index in [9.17, 15) is 9.00 Å². The van der Waals surface area contributed by atoms with E-state index < -0.39 is 10.1 Å². The predicted octanol–water partition coefficient (Wildman–Crippen LogP) is 5.15. The second-order valence-corrected chi connectivity index (χ2v) is 13.0. The highest BCUT2D eigenvalue weighted by Gasteiger charge is 2.23. The number of benzene rings is 3. The number of piperazine rings is 1. The zero-order valence-electron chi connectivity index (χ0n) is 22.6. The number of aromatic nitrogens is 1. The Balaban J connectivity index is 1.21. The van der Waals surface area contributed by atoms with Crippen molar-refractivity contribution in [2.24, 2.45) is 0 Å². The minimum absolute atomic E-state index is 0.0384. The number of hydrogen-bond acceptors (Lipinski definition) is 4. The molecule has 0 aliphatic carbocycles. The summed E-state index contributed by atoms with van der Waals surface area (Å²) in [4.78, 5) is 22.7. The molecule has 1 aromatic heterocycles. The van der Waals surface area contributed by atoms with E-state index in [0.29, 0.717) is 29.2 Å². The first kappa shape index (κ1) is 26.1.